The van der Waals surface area contributed by atoms with Gasteiger partial charge in [-0.05, 0) is 25.7 Å². The van der Waals surface area contributed by atoms with Crippen LogP contribution in [0.15, 0.2) is 31.0 Å². The van der Waals surface area contributed by atoms with E-state index in [1.165, 1.54) is 31.9 Å². The Morgan fingerprint density at radius 1 is 0.950 bits per heavy atom. The van der Waals surface area contributed by atoms with E-state index >= 15 is 0 Å². The Bertz CT molecular complexity index is 1300. The molecule has 0 unspecified atom stereocenters. The quantitative estimate of drug-likeness (QED) is 0.414. The molecule has 0 aromatic carbocycles. The number of alkyl halides is 3. The Kier molecular flexibility index (Phi) is 8.04. The number of aromatic nitrogens is 6. The first-order chi connectivity index (χ1) is 19.3. The highest BCUT2D eigenvalue weighted by Crippen LogP contribution is 2.36. The van der Waals surface area contributed by atoms with Crippen molar-refractivity contribution >= 4 is 12.0 Å². The zero-order valence-electron chi connectivity index (χ0n) is 21.2. The van der Waals surface area contributed by atoms with Gasteiger partial charge in [0.05, 0.1) is 38.4 Å². The van der Waals surface area contributed by atoms with Gasteiger partial charge in [0, 0.05) is 36.2 Å². The Hall–Kier alpha value is -4.34. The van der Waals surface area contributed by atoms with E-state index in [9.17, 15) is 18.0 Å². The summed E-state index contributed by atoms with van der Waals surface area (Å²) in [6.07, 6.45) is 3.23. The molecule has 2 N–H and O–H groups in total. The highest BCUT2D eigenvalue weighted by atomic mass is 19.4. The average molecular weight is 563 g/mol. The summed E-state index contributed by atoms with van der Waals surface area (Å²) in [7, 11) is 1.46. The van der Waals surface area contributed by atoms with Crippen LogP contribution >= 0.6 is 0 Å². The smallest absolute Gasteiger partial charge is 0.423 e. The van der Waals surface area contributed by atoms with Gasteiger partial charge in [0.25, 0.3) is 0 Å². The SMILES string of the molecule is COc1ncc(-c2cnc(OC(=O)NC3CCC(Nc4ncc(C(F)(F)F)c(OC5COC5)n4)CC3)cn2)cn1. The minimum atomic E-state index is -4.64. The summed E-state index contributed by atoms with van der Waals surface area (Å²) < 4.78 is 60.5. The number of hydrogen-bond donors (Lipinski definition) is 2. The summed E-state index contributed by atoms with van der Waals surface area (Å²) in [5.41, 5.74) is 0.0764. The van der Waals surface area contributed by atoms with Gasteiger partial charge in [-0.15, -0.1) is 0 Å². The van der Waals surface area contributed by atoms with Crippen molar-refractivity contribution in [3.63, 3.8) is 0 Å². The second kappa shape index (κ2) is 11.8. The Balaban J connectivity index is 1.09. The number of nitrogens with zero attached hydrogens (tertiary/aromatic N) is 6. The van der Waals surface area contributed by atoms with Gasteiger partial charge in [0.2, 0.25) is 17.7 Å². The second-order valence-electron chi connectivity index (χ2n) is 9.11. The highest BCUT2D eigenvalue weighted by Gasteiger charge is 2.38. The van der Waals surface area contributed by atoms with Gasteiger partial charge in [-0.2, -0.15) is 18.2 Å². The molecule has 0 radical (unpaired) electrons. The van der Waals surface area contributed by atoms with Gasteiger partial charge in [-0.3, -0.25) is 0 Å². The molecule has 5 rings (SSSR count). The maximum atomic E-state index is 13.3. The van der Waals surface area contributed by atoms with E-state index < -0.39 is 29.8 Å². The van der Waals surface area contributed by atoms with Crippen LogP contribution in [-0.4, -0.2) is 74.5 Å². The summed E-state index contributed by atoms with van der Waals surface area (Å²) in [5, 5.41) is 5.87. The van der Waals surface area contributed by atoms with E-state index in [-0.39, 0.29) is 43.1 Å². The number of rotatable bonds is 8. The maximum Gasteiger partial charge on any atom is 0.423 e. The first-order valence-corrected chi connectivity index (χ1v) is 12.4. The molecule has 1 amide bonds. The molecular formula is C24H25F3N8O5. The van der Waals surface area contributed by atoms with Crippen LogP contribution in [0.1, 0.15) is 31.2 Å². The average Bonchev–Trinajstić information content (AvgIpc) is 2.92. The Morgan fingerprint density at radius 3 is 2.27 bits per heavy atom. The summed E-state index contributed by atoms with van der Waals surface area (Å²) in [4.78, 5) is 36.5. The van der Waals surface area contributed by atoms with E-state index in [1.807, 2.05) is 0 Å². The van der Waals surface area contributed by atoms with Crippen molar-refractivity contribution in [2.45, 2.75) is 50.0 Å². The molecule has 3 aromatic heterocycles. The maximum absolute atomic E-state index is 13.3. The van der Waals surface area contributed by atoms with Crippen LogP contribution in [-0.2, 0) is 10.9 Å². The van der Waals surface area contributed by atoms with Crippen LogP contribution in [0.25, 0.3) is 11.3 Å². The number of ether oxygens (including phenoxy) is 4. The molecule has 1 saturated heterocycles. The lowest BCUT2D eigenvalue weighted by atomic mass is 9.91. The predicted octanol–water partition coefficient (Wildman–Crippen LogP) is 3.04. The van der Waals surface area contributed by atoms with Crippen molar-refractivity contribution in [3.8, 4) is 29.0 Å². The molecule has 0 bridgehead atoms. The Labute approximate surface area is 225 Å². The van der Waals surface area contributed by atoms with Crippen LogP contribution in [0.3, 0.4) is 0 Å². The number of carbonyl (C=O) groups is 1. The van der Waals surface area contributed by atoms with Crippen LogP contribution in [0.5, 0.6) is 17.8 Å². The number of anilines is 1. The number of methoxy groups -OCH3 is 1. The topological polar surface area (TPSA) is 155 Å². The van der Waals surface area contributed by atoms with Crippen LogP contribution in [0.2, 0.25) is 0 Å². The molecule has 16 heteroatoms. The highest BCUT2D eigenvalue weighted by molar-refractivity contribution is 5.70. The van der Waals surface area contributed by atoms with E-state index in [0.29, 0.717) is 43.1 Å². The van der Waals surface area contributed by atoms with Crippen molar-refractivity contribution in [1.82, 2.24) is 35.2 Å². The molecule has 1 saturated carbocycles. The predicted molar refractivity (Wildman–Crippen MR) is 131 cm³/mol. The first-order valence-electron chi connectivity index (χ1n) is 12.4. The number of amides is 1. The van der Waals surface area contributed by atoms with E-state index in [2.05, 4.69) is 40.5 Å². The number of nitrogens with one attached hydrogen (secondary N) is 2. The third kappa shape index (κ3) is 6.80. The van der Waals surface area contributed by atoms with Crippen LogP contribution in [0, 0.1) is 0 Å². The van der Waals surface area contributed by atoms with E-state index in [1.54, 1.807) is 0 Å². The van der Waals surface area contributed by atoms with Gasteiger partial charge >= 0.3 is 18.3 Å². The van der Waals surface area contributed by atoms with E-state index in [4.69, 9.17) is 18.9 Å². The lowest BCUT2D eigenvalue weighted by molar-refractivity contribution is -0.142. The summed E-state index contributed by atoms with van der Waals surface area (Å²) in [6, 6.07) is -0.0174. The summed E-state index contributed by atoms with van der Waals surface area (Å²) >= 11 is 0. The number of carbonyl (C=O) groups excluding carboxylic acids is 1. The third-order valence-electron chi connectivity index (χ3n) is 6.26. The van der Waals surface area contributed by atoms with Crippen LogP contribution < -0.4 is 24.8 Å². The molecule has 0 spiro atoms. The monoisotopic (exact) mass is 562 g/mol. The third-order valence-corrected chi connectivity index (χ3v) is 6.26. The lowest BCUT2D eigenvalue weighted by Gasteiger charge is -2.30. The zero-order chi connectivity index (χ0) is 28.1. The fourth-order valence-corrected chi connectivity index (χ4v) is 4.09. The van der Waals surface area contributed by atoms with Gasteiger partial charge in [-0.25, -0.2) is 29.7 Å². The van der Waals surface area contributed by atoms with E-state index in [0.717, 1.165) is 0 Å². The molecule has 3 aromatic rings. The fourth-order valence-electron chi connectivity index (χ4n) is 4.09. The molecule has 0 atom stereocenters. The van der Waals surface area contributed by atoms with Gasteiger partial charge < -0.3 is 29.6 Å². The Morgan fingerprint density at radius 2 is 1.68 bits per heavy atom. The van der Waals surface area contributed by atoms with Crippen molar-refractivity contribution < 1.29 is 36.9 Å². The van der Waals surface area contributed by atoms with Gasteiger partial charge in [0.15, 0.2) is 0 Å². The van der Waals surface area contributed by atoms with Crippen molar-refractivity contribution in [2.24, 2.45) is 0 Å². The minimum Gasteiger partial charge on any atom is -0.469 e. The molecule has 13 nitrogen and oxygen atoms in total. The normalized spacial score (nSPS) is 19.3. The fraction of sp³-hybridized carbons (Fsp3) is 0.458. The standard InChI is InChI=1S/C24H25F3N8O5/c1-37-22-31-6-13(7-32-22)18-9-29-19(10-28-18)40-23(36)34-15-4-2-14(3-5-15)33-21-30-8-17(24(25,26)27)20(35-21)39-16-11-38-12-16/h6-10,14-16H,2-5,11-12H2,1H3,(H,34,36)(H,30,33,35). The molecule has 2 aliphatic rings. The van der Waals surface area contributed by atoms with Crippen molar-refractivity contribution in [3.05, 3.63) is 36.5 Å². The molecule has 4 heterocycles. The van der Waals surface area contributed by atoms with Gasteiger partial charge in [-0.1, -0.05) is 0 Å². The largest absolute Gasteiger partial charge is 0.469 e. The molecule has 212 valence electrons. The molecule has 1 aliphatic carbocycles. The molecule has 2 fully saturated rings. The van der Waals surface area contributed by atoms with Crippen molar-refractivity contribution in [2.75, 3.05) is 25.6 Å². The van der Waals surface area contributed by atoms with Gasteiger partial charge in [0.1, 0.15) is 11.7 Å². The summed E-state index contributed by atoms with van der Waals surface area (Å²) in [5.74, 6) is -0.455. The molecule has 1 aliphatic heterocycles. The summed E-state index contributed by atoms with van der Waals surface area (Å²) in [6.45, 7) is 0.418. The second-order valence-corrected chi connectivity index (χ2v) is 9.11. The first kappa shape index (κ1) is 27.2. The zero-order valence-corrected chi connectivity index (χ0v) is 21.2. The minimum absolute atomic E-state index is 0.0250. The number of hydrogen-bond acceptors (Lipinski definition) is 12. The molecule has 40 heavy (non-hydrogen) atoms. The van der Waals surface area contributed by atoms with Crippen LogP contribution in [0.4, 0.5) is 23.9 Å². The number of halogens is 3. The lowest BCUT2D eigenvalue weighted by Crippen LogP contribution is -2.41. The van der Waals surface area contributed by atoms with Crippen molar-refractivity contribution in [1.29, 1.82) is 0 Å². The molecular weight excluding hydrogens is 537 g/mol.